The van der Waals surface area contributed by atoms with Crippen LogP contribution in [-0.4, -0.2) is 0 Å². The quantitative estimate of drug-likeness (QED) is 0.595. The van der Waals surface area contributed by atoms with Gasteiger partial charge in [-0.1, -0.05) is 20.3 Å². The first-order valence-electron chi connectivity index (χ1n) is 4.67. The molecule has 0 saturated heterocycles. The van der Waals surface area contributed by atoms with Crippen LogP contribution in [0.3, 0.4) is 0 Å². The Balaban J connectivity index is 2.57. The van der Waals surface area contributed by atoms with Crippen molar-refractivity contribution in [3.63, 3.8) is 0 Å². The van der Waals surface area contributed by atoms with E-state index in [9.17, 15) is 0 Å². The van der Waals surface area contributed by atoms with Crippen LogP contribution >= 0.6 is 0 Å². The minimum absolute atomic E-state index is 0.0562. The third kappa shape index (κ3) is 1.56. The van der Waals surface area contributed by atoms with E-state index < -0.39 is 0 Å². The fraction of sp³-hybridized carbons (Fsp3) is 0.900. The predicted octanol–water partition coefficient (Wildman–Crippen LogP) is 3.12. The van der Waals surface area contributed by atoms with Crippen LogP contribution in [-0.2, 0) is 0 Å². The van der Waals surface area contributed by atoms with Crippen LogP contribution < -0.4 is 0 Å². The van der Waals surface area contributed by atoms with Gasteiger partial charge in [-0.3, -0.25) is 0 Å². The van der Waals surface area contributed by atoms with E-state index in [0.717, 1.165) is 25.2 Å². The summed E-state index contributed by atoms with van der Waals surface area (Å²) in [6, 6.07) is 2.49. The Bertz CT molecular complexity index is 168. The van der Waals surface area contributed by atoms with Crippen LogP contribution in [0.5, 0.6) is 0 Å². The molecule has 0 aromatic heterocycles. The smallest absolute Gasteiger partial charge is 0.0689 e. The second-order valence-electron chi connectivity index (χ2n) is 3.76. The zero-order valence-electron chi connectivity index (χ0n) is 7.56. The highest BCUT2D eigenvalue weighted by atomic mass is 14.4. The summed E-state index contributed by atoms with van der Waals surface area (Å²) < 4.78 is 0. The average molecular weight is 151 g/mol. The second-order valence-corrected chi connectivity index (χ2v) is 3.76. The average Bonchev–Trinajstić information content (AvgIpc) is 2.49. The third-order valence-electron chi connectivity index (χ3n) is 3.20. The Morgan fingerprint density at radius 1 is 1.55 bits per heavy atom. The lowest BCUT2D eigenvalue weighted by Crippen LogP contribution is -2.12. The molecule has 0 amide bonds. The molecule has 0 N–H and O–H groups in total. The van der Waals surface area contributed by atoms with E-state index in [0.29, 0.717) is 0 Å². The molecule has 11 heavy (non-hydrogen) atoms. The van der Waals surface area contributed by atoms with Gasteiger partial charge in [-0.15, -0.1) is 0 Å². The van der Waals surface area contributed by atoms with Crippen LogP contribution in [0, 0.1) is 22.7 Å². The van der Waals surface area contributed by atoms with Gasteiger partial charge in [-0.2, -0.15) is 5.26 Å². The number of nitrogens with zero attached hydrogens (tertiary/aromatic N) is 1. The monoisotopic (exact) mass is 151 g/mol. The Morgan fingerprint density at radius 3 is 2.55 bits per heavy atom. The SMILES string of the molecule is CCC1CCC(C#N)(CC)C1. The molecule has 2 unspecified atom stereocenters. The zero-order valence-corrected chi connectivity index (χ0v) is 7.56. The van der Waals surface area contributed by atoms with Crippen LogP contribution in [0.4, 0.5) is 0 Å². The largest absolute Gasteiger partial charge is 0.198 e. The summed E-state index contributed by atoms with van der Waals surface area (Å²) in [6.45, 7) is 4.37. The van der Waals surface area contributed by atoms with Crippen molar-refractivity contribution in [1.29, 1.82) is 5.26 Å². The molecule has 2 atom stereocenters. The molecule has 1 saturated carbocycles. The molecule has 1 rings (SSSR count). The Morgan fingerprint density at radius 2 is 2.27 bits per heavy atom. The maximum atomic E-state index is 8.98. The lowest BCUT2D eigenvalue weighted by Gasteiger charge is -2.17. The van der Waals surface area contributed by atoms with Crippen molar-refractivity contribution in [3.8, 4) is 6.07 Å². The van der Waals surface area contributed by atoms with E-state index in [-0.39, 0.29) is 5.41 Å². The van der Waals surface area contributed by atoms with Crippen molar-refractivity contribution >= 4 is 0 Å². The highest BCUT2D eigenvalue weighted by Gasteiger charge is 2.36. The molecule has 0 spiro atoms. The number of hydrogen-bond donors (Lipinski definition) is 0. The molecule has 0 bridgehead atoms. The summed E-state index contributed by atoms with van der Waals surface area (Å²) in [6.07, 6.45) is 5.86. The van der Waals surface area contributed by atoms with Gasteiger partial charge in [0.05, 0.1) is 11.5 Å². The molecule has 0 heterocycles. The van der Waals surface area contributed by atoms with E-state index in [4.69, 9.17) is 5.26 Å². The minimum atomic E-state index is 0.0562. The lowest BCUT2D eigenvalue weighted by atomic mass is 9.84. The highest BCUT2D eigenvalue weighted by molar-refractivity contribution is 5.02. The van der Waals surface area contributed by atoms with Gasteiger partial charge in [-0.05, 0) is 31.6 Å². The molecule has 1 nitrogen and oxygen atoms in total. The van der Waals surface area contributed by atoms with Gasteiger partial charge < -0.3 is 0 Å². The number of hydrogen-bond acceptors (Lipinski definition) is 1. The standard InChI is InChI=1S/C10H17N/c1-3-9-5-6-10(4-2,7-9)8-11/h9H,3-7H2,1-2H3. The molecular weight excluding hydrogens is 134 g/mol. The van der Waals surface area contributed by atoms with Gasteiger partial charge in [-0.25, -0.2) is 0 Å². The minimum Gasteiger partial charge on any atom is -0.198 e. The molecule has 0 aromatic carbocycles. The van der Waals surface area contributed by atoms with E-state index in [1.807, 2.05) is 0 Å². The molecule has 1 aliphatic carbocycles. The first-order chi connectivity index (χ1) is 5.26. The van der Waals surface area contributed by atoms with Gasteiger partial charge in [0.2, 0.25) is 0 Å². The first-order valence-corrected chi connectivity index (χ1v) is 4.67. The van der Waals surface area contributed by atoms with Crippen LogP contribution in [0.15, 0.2) is 0 Å². The first kappa shape index (κ1) is 8.59. The van der Waals surface area contributed by atoms with Gasteiger partial charge in [0, 0.05) is 0 Å². The van der Waals surface area contributed by atoms with E-state index in [1.165, 1.54) is 12.8 Å². The number of nitriles is 1. The van der Waals surface area contributed by atoms with Gasteiger partial charge in [0.25, 0.3) is 0 Å². The van der Waals surface area contributed by atoms with Crippen LogP contribution in [0.25, 0.3) is 0 Å². The Hall–Kier alpha value is -0.510. The fourth-order valence-electron chi connectivity index (χ4n) is 2.09. The normalized spacial score (nSPS) is 37.0. The summed E-state index contributed by atoms with van der Waals surface area (Å²) >= 11 is 0. The molecule has 1 heteroatoms. The van der Waals surface area contributed by atoms with Gasteiger partial charge in [0.15, 0.2) is 0 Å². The van der Waals surface area contributed by atoms with Crippen molar-refractivity contribution in [1.82, 2.24) is 0 Å². The van der Waals surface area contributed by atoms with Crippen molar-refractivity contribution in [2.24, 2.45) is 11.3 Å². The maximum Gasteiger partial charge on any atom is 0.0689 e. The maximum absolute atomic E-state index is 8.98. The predicted molar refractivity (Wildman–Crippen MR) is 46.0 cm³/mol. The Kier molecular flexibility index (Phi) is 2.54. The fourth-order valence-corrected chi connectivity index (χ4v) is 2.09. The lowest BCUT2D eigenvalue weighted by molar-refractivity contribution is 0.370. The third-order valence-corrected chi connectivity index (χ3v) is 3.20. The molecule has 1 fully saturated rings. The van der Waals surface area contributed by atoms with E-state index in [2.05, 4.69) is 19.9 Å². The molecule has 0 aromatic rings. The van der Waals surface area contributed by atoms with E-state index in [1.54, 1.807) is 0 Å². The van der Waals surface area contributed by atoms with E-state index >= 15 is 0 Å². The summed E-state index contributed by atoms with van der Waals surface area (Å²) in [4.78, 5) is 0. The van der Waals surface area contributed by atoms with Crippen LogP contribution in [0.2, 0.25) is 0 Å². The highest BCUT2D eigenvalue weighted by Crippen LogP contribution is 2.44. The van der Waals surface area contributed by atoms with Crippen molar-refractivity contribution in [2.75, 3.05) is 0 Å². The summed E-state index contributed by atoms with van der Waals surface area (Å²) in [5, 5.41) is 8.98. The van der Waals surface area contributed by atoms with Crippen LogP contribution in [0.1, 0.15) is 46.0 Å². The van der Waals surface area contributed by atoms with Crippen molar-refractivity contribution in [2.45, 2.75) is 46.0 Å². The van der Waals surface area contributed by atoms with Crippen molar-refractivity contribution in [3.05, 3.63) is 0 Å². The summed E-state index contributed by atoms with van der Waals surface area (Å²) in [5.41, 5.74) is 0.0562. The zero-order chi connectivity index (χ0) is 8.32. The second kappa shape index (κ2) is 3.26. The van der Waals surface area contributed by atoms with Crippen molar-refractivity contribution < 1.29 is 0 Å². The molecule has 0 radical (unpaired) electrons. The summed E-state index contributed by atoms with van der Waals surface area (Å²) in [5.74, 6) is 0.828. The summed E-state index contributed by atoms with van der Waals surface area (Å²) in [7, 11) is 0. The number of rotatable bonds is 2. The Labute approximate surface area is 69.4 Å². The molecular formula is C10H17N. The molecule has 0 aliphatic heterocycles. The topological polar surface area (TPSA) is 23.8 Å². The van der Waals surface area contributed by atoms with Gasteiger partial charge in [0.1, 0.15) is 0 Å². The molecule has 62 valence electrons. The molecule has 1 aliphatic rings. The van der Waals surface area contributed by atoms with Gasteiger partial charge >= 0.3 is 0 Å².